The zero-order chi connectivity index (χ0) is 25.9. The smallest absolute Gasteiger partial charge is 0.243 e. The highest BCUT2D eigenvalue weighted by Gasteiger charge is 2.30. The summed E-state index contributed by atoms with van der Waals surface area (Å²) in [5.74, 6) is 0.0580. The maximum Gasteiger partial charge on any atom is 0.243 e. The predicted molar refractivity (Wildman–Crippen MR) is 146 cm³/mol. The summed E-state index contributed by atoms with van der Waals surface area (Å²) < 4.78 is 14.1. The number of benzene rings is 3. The monoisotopic (exact) mass is 526 g/mol. The summed E-state index contributed by atoms with van der Waals surface area (Å²) in [5.41, 5.74) is 2.27. The molecule has 36 heavy (non-hydrogen) atoms. The lowest BCUT2D eigenvalue weighted by molar-refractivity contribution is -0.139. The van der Waals surface area contributed by atoms with Crippen LogP contribution in [0.4, 0.5) is 4.39 Å². The van der Waals surface area contributed by atoms with Gasteiger partial charge in [0, 0.05) is 30.3 Å². The molecule has 1 N–H and O–H groups in total. The van der Waals surface area contributed by atoms with Crippen LogP contribution in [-0.2, 0) is 28.3 Å². The molecule has 3 rings (SSSR count). The lowest BCUT2D eigenvalue weighted by Crippen LogP contribution is -2.51. The second kappa shape index (κ2) is 14.0. The normalized spacial score (nSPS) is 11.8. The quantitative estimate of drug-likeness (QED) is 0.309. The van der Waals surface area contributed by atoms with Crippen molar-refractivity contribution in [2.75, 3.05) is 12.3 Å². The molecule has 0 heterocycles. The molecule has 0 aromatic heterocycles. The van der Waals surface area contributed by atoms with Crippen LogP contribution in [0.25, 0.3) is 0 Å². The van der Waals surface area contributed by atoms with E-state index in [9.17, 15) is 14.0 Å². The number of thioether (sulfide) groups is 1. The highest BCUT2D eigenvalue weighted by molar-refractivity contribution is 7.99. The average molecular weight is 527 g/mol. The number of nitrogens with one attached hydrogen (secondary N) is 1. The summed E-state index contributed by atoms with van der Waals surface area (Å²) in [7, 11) is 0. The minimum absolute atomic E-state index is 0.113. The van der Waals surface area contributed by atoms with Crippen LogP contribution in [0.5, 0.6) is 0 Å². The molecule has 0 saturated heterocycles. The summed E-state index contributed by atoms with van der Waals surface area (Å²) in [5, 5.41) is 3.54. The van der Waals surface area contributed by atoms with E-state index in [1.807, 2.05) is 62.4 Å². The number of hydrogen-bond donors (Lipinski definition) is 1. The highest BCUT2D eigenvalue weighted by Crippen LogP contribution is 2.22. The molecule has 0 spiro atoms. The van der Waals surface area contributed by atoms with E-state index in [1.165, 1.54) is 17.8 Å². The number of amides is 2. The van der Waals surface area contributed by atoms with Crippen LogP contribution < -0.4 is 5.32 Å². The van der Waals surface area contributed by atoms with Gasteiger partial charge in [-0.2, -0.15) is 0 Å². The Balaban J connectivity index is 1.86. The minimum Gasteiger partial charge on any atom is -0.354 e. The molecule has 3 aromatic rings. The zero-order valence-corrected chi connectivity index (χ0v) is 22.2. The maximum atomic E-state index is 14.1. The van der Waals surface area contributed by atoms with Crippen LogP contribution in [0.15, 0.2) is 78.9 Å². The molecule has 2 amide bonds. The van der Waals surface area contributed by atoms with E-state index in [1.54, 1.807) is 29.2 Å². The van der Waals surface area contributed by atoms with Gasteiger partial charge in [0.25, 0.3) is 0 Å². The van der Waals surface area contributed by atoms with Crippen molar-refractivity contribution in [3.8, 4) is 0 Å². The molecule has 0 aliphatic heterocycles. The summed E-state index contributed by atoms with van der Waals surface area (Å²) in [4.78, 5) is 28.6. The number of carbonyl (C=O) groups excluding carboxylic acids is 2. The van der Waals surface area contributed by atoms with Crippen molar-refractivity contribution in [1.29, 1.82) is 0 Å². The predicted octanol–water partition coefficient (Wildman–Crippen LogP) is 6.12. The van der Waals surface area contributed by atoms with Crippen LogP contribution in [0, 0.1) is 11.7 Å². The van der Waals surface area contributed by atoms with E-state index < -0.39 is 6.04 Å². The minimum atomic E-state index is -0.719. The third kappa shape index (κ3) is 8.38. The van der Waals surface area contributed by atoms with Crippen molar-refractivity contribution in [2.45, 2.75) is 38.6 Å². The highest BCUT2D eigenvalue weighted by atomic mass is 35.5. The molecule has 0 bridgehead atoms. The van der Waals surface area contributed by atoms with Gasteiger partial charge in [0.15, 0.2) is 0 Å². The van der Waals surface area contributed by atoms with Gasteiger partial charge in [-0.05, 0) is 34.7 Å². The van der Waals surface area contributed by atoms with Crippen molar-refractivity contribution in [1.82, 2.24) is 10.2 Å². The van der Waals surface area contributed by atoms with Gasteiger partial charge in [0.1, 0.15) is 11.9 Å². The molecule has 0 aliphatic rings. The van der Waals surface area contributed by atoms with Crippen LogP contribution >= 0.6 is 23.4 Å². The Hall–Kier alpha value is -2.83. The van der Waals surface area contributed by atoms with Crippen LogP contribution in [0.3, 0.4) is 0 Å². The van der Waals surface area contributed by atoms with Crippen LogP contribution in [0.1, 0.15) is 30.5 Å². The summed E-state index contributed by atoms with van der Waals surface area (Å²) in [6.07, 6.45) is 0.374. The van der Waals surface area contributed by atoms with Gasteiger partial charge >= 0.3 is 0 Å². The molecule has 3 aromatic carbocycles. The van der Waals surface area contributed by atoms with E-state index in [4.69, 9.17) is 11.6 Å². The Labute approximate surface area is 222 Å². The number of rotatable bonds is 12. The molecule has 4 nitrogen and oxygen atoms in total. The van der Waals surface area contributed by atoms with Crippen molar-refractivity contribution < 1.29 is 14.0 Å². The molecule has 190 valence electrons. The maximum absolute atomic E-state index is 14.1. The third-order valence-electron chi connectivity index (χ3n) is 5.70. The number of nitrogens with zero attached hydrogens (tertiary/aromatic N) is 1. The van der Waals surface area contributed by atoms with E-state index in [0.717, 1.165) is 11.1 Å². The second-order valence-electron chi connectivity index (χ2n) is 9.04. The topological polar surface area (TPSA) is 49.4 Å². The van der Waals surface area contributed by atoms with E-state index in [0.29, 0.717) is 29.3 Å². The molecule has 0 unspecified atom stereocenters. The summed E-state index contributed by atoms with van der Waals surface area (Å²) in [6, 6.07) is 22.8. The number of halogens is 2. The Kier molecular flexibility index (Phi) is 10.8. The van der Waals surface area contributed by atoms with Gasteiger partial charge in [0.05, 0.1) is 5.75 Å². The van der Waals surface area contributed by atoms with E-state index in [-0.39, 0.29) is 35.8 Å². The lowest BCUT2D eigenvalue weighted by atomic mass is 10.0. The Bertz CT molecular complexity index is 1140. The van der Waals surface area contributed by atoms with Gasteiger partial charge in [-0.25, -0.2) is 4.39 Å². The third-order valence-corrected chi connectivity index (χ3v) is 7.03. The molecular weight excluding hydrogens is 495 g/mol. The number of hydrogen-bond acceptors (Lipinski definition) is 3. The fraction of sp³-hybridized carbons (Fsp3) is 0.310. The van der Waals surface area contributed by atoms with Gasteiger partial charge < -0.3 is 10.2 Å². The van der Waals surface area contributed by atoms with E-state index >= 15 is 0 Å². The fourth-order valence-electron chi connectivity index (χ4n) is 3.73. The SMILES string of the molecule is CC(C)CNC(=O)[C@@H](Cc1ccccc1)N(Cc1ccccc1Cl)C(=O)CSCc1ccccc1F. The first-order valence-corrected chi connectivity index (χ1v) is 13.5. The zero-order valence-electron chi connectivity index (χ0n) is 20.6. The van der Waals surface area contributed by atoms with E-state index in [2.05, 4.69) is 5.32 Å². The molecule has 0 aliphatic carbocycles. The summed E-state index contributed by atoms with van der Waals surface area (Å²) in [6.45, 7) is 4.77. The Morgan fingerprint density at radius 1 is 0.944 bits per heavy atom. The Morgan fingerprint density at radius 2 is 1.58 bits per heavy atom. The molecule has 0 saturated carbocycles. The molecule has 7 heteroatoms. The van der Waals surface area contributed by atoms with Crippen LogP contribution in [-0.4, -0.2) is 35.1 Å². The standard InChI is InChI=1S/C29H32ClFN2O2S/c1-21(2)17-32-29(35)27(16-22-10-4-3-5-11-22)33(18-23-12-6-8-14-25(23)30)28(34)20-36-19-24-13-7-9-15-26(24)31/h3-15,21,27H,16-20H2,1-2H3,(H,32,35)/t27-/m1/s1. The van der Waals surface area contributed by atoms with Crippen molar-refractivity contribution in [2.24, 2.45) is 5.92 Å². The molecular formula is C29H32ClFN2O2S. The van der Waals surface area contributed by atoms with Gasteiger partial charge in [-0.15, -0.1) is 11.8 Å². The van der Waals surface area contributed by atoms with Crippen molar-refractivity contribution in [3.63, 3.8) is 0 Å². The largest absolute Gasteiger partial charge is 0.354 e. The van der Waals surface area contributed by atoms with Crippen LogP contribution in [0.2, 0.25) is 5.02 Å². The first-order valence-electron chi connectivity index (χ1n) is 12.0. The first kappa shape index (κ1) is 27.8. The first-order chi connectivity index (χ1) is 17.3. The molecule has 1 atom stereocenters. The van der Waals surface area contributed by atoms with Gasteiger partial charge in [0.2, 0.25) is 11.8 Å². The molecule has 0 radical (unpaired) electrons. The van der Waals surface area contributed by atoms with Gasteiger partial charge in [-0.1, -0.05) is 92.2 Å². The summed E-state index contributed by atoms with van der Waals surface area (Å²) >= 11 is 7.77. The average Bonchev–Trinajstić information content (AvgIpc) is 2.87. The fourth-order valence-corrected chi connectivity index (χ4v) is 4.83. The Morgan fingerprint density at radius 3 is 2.25 bits per heavy atom. The number of carbonyl (C=O) groups is 2. The molecule has 0 fully saturated rings. The second-order valence-corrected chi connectivity index (χ2v) is 10.4. The van der Waals surface area contributed by atoms with Crippen molar-refractivity contribution >= 4 is 35.2 Å². The van der Waals surface area contributed by atoms with Gasteiger partial charge in [-0.3, -0.25) is 9.59 Å². The van der Waals surface area contributed by atoms with Crippen molar-refractivity contribution in [3.05, 3.63) is 106 Å². The lowest BCUT2D eigenvalue weighted by Gasteiger charge is -2.32.